The summed E-state index contributed by atoms with van der Waals surface area (Å²) in [5.74, 6) is -1.73. The number of likely N-dealkylation sites (N-methyl/N-ethyl adjacent to an activating group) is 1. The molecule has 3 amide bonds. The Balaban J connectivity index is 0.680. The van der Waals surface area contributed by atoms with Crippen LogP contribution in [0.1, 0.15) is 137 Å². The number of β-amino-alcohol motifs (C(OH)–C–C–N with tert-alkyl or cyclic N) is 1. The highest BCUT2D eigenvalue weighted by molar-refractivity contribution is 7.13. The van der Waals surface area contributed by atoms with E-state index in [4.69, 9.17) is 0 Å². The number of aliphatic hydroxyl groups is 1. The van der Waals surface area contributed by atoms with Gasteiger partial charge in [-0.1, -0.05) is 108 Å². The lowest BCUT2D eigenvalue weighted by Crippen LogP contribution is -2.48. The third-order valence-corrected chi connectivity index (χ3v) is 18.4. The Bertz CT molecular complexity index is 3180. The lowest BCUT2D eigenvalue weighted by Gasteiger charge is -2.35. The third-order valence-electron chi connectivity index (χ3n) is 17.4. The number of unbranched alkanes of at least 4 members (excludes halogenated alkanes) is 7. The number of carbonyl (C=O) groups excluding carboxylic acids is 5. The van der Waals surface area contributed by atoms with Crippen molar-refractivity contribution in [2.45, 2.75) is 142 Å². The first-order valence-electron chi connectivity index (χ1n) is 31.1. The number of hydrogen-bond donors (Lipinski definition) is 4. The number of hydrogen-bond acceptors (Lipinski definition) is 13. The minimum Gasteiger partial charge on any atom is -0.391 e. The van der Waals surface area contributed by atoms with Gasteiger partial charge >= 0.3 is 6.18 Å². The maximum absolute atomic E-state index is 14.1. The summed E-state index contributed by atoms with van der Waals surface area (Å²) in [7, 11) is 2.03. The van der Waals surface area contributed by atoms with Gasteiger partial charge in [-0.3, -0.25) is 38.6 Å². The number of Topliss-reactive ketones (excluding diaryl/α,β-unsaturated/α-hetero) is 2. The zero-order chi connectivity index (χ0) is 62.3. The number of benzene rings is 3. The Morgan fingerprint density at radius 2 is 1.43 bits per heavy atom. The highest BCUT2D eigenvalue weighted by atomic mass is 32.1. The number of amides is 3. The summed E-state index contributed by atoms with van der Waals surface area (Å²) in [6.07, 6.45) is 4.89. The van der Waals surface area contributed by atoms with Gasteiger partial charge < -0.3 is 35.4 Å². The fourth-order valence-corrected chi connectivity index (χ4v) is 12.9. The highest BCUT2D eigenvalue weighted by Gasteiger charge is 2.44. The van der Waals surface area contributed by atoms with Gasteiger partial charge in [-0.25, -0.2) is 4.98 Å². The van der Waals surface area contributed by atoms with E-state index in [1.54, 1.807) is 22.3 Å². The van der Waals surface area contributed by atoms with Crippen molar-refractivity contribution >= 4 is 52.0 Å². The Kier molecular flexibility index (Phi) is 23.7. The van der Waals surface area contributed by atoms with E-state index in [1.807, 2.05) is 88.8 Å². The number of nitrogens with zero attached hydrogens (tertiary/aromatic N) is 6. The van der Waals surface area contributed by atoms with Crippen molar-refractivity contribution in [3.05, 3.63) is 123 Å². The van der Waals surface area contributed by atoms with Gasteiger partial charge in [0.2, 0.25) is 17.4 Å². The number of ketones is 2. The van der Waals surface area contributed by atoms with Crippen molar-refractivity contribution in [1.82, 2.24) is 34.9 Å². The summed E-state index contributed by atoms with van der Waals surface area (Å²) >= 11 is 1.60. The number of halogens is 3. The SMILES string of the molecule is Cc1ncsc1-c1ccc(CCC(=O)[C@@H]2C[C@@H](O)CN2C(=O)[C@@H](CC(=O)CCCCCCCCCCC(=O)NCCN2CCN(Cc3cccc(-c4ccc(N5CCN(C)CC5)c(NC(=O)c5c[nH]c(=O)cc5C(F)(F)F)c4)c3)CC2)C(C)(C)C)cc1. The molecule has 0 unspecified atom stereocenters. The van der Waals surface area contributed by atoms with E-state index in [9.17, 15) is 47.0 Å². The molecule has 0 bridgehead atoms. The smallest absolute Gasteiger partial charge is 0.391 e. The van der Waals surface area contributed by atoms with Gasteiger partial charge in [-0.2, -0.15) is 13.2 Å². The largest absolute Gasteiger partial charge is 0.417 e. The number of thiazole rings is 1. The van der Waals surface area contributed by atoms with Crippen LogP contribution in [0.2, 0.25) is 0 Å². The first kappa shape index (κ1) is 66.4. The van der Waals surface area contributed by atoms with Crippen LogP contribution in [-0.2, 0) is 38.3 Å². The van der Waals surface area contributed by atoms with Crippen LogP contribution < -0.4 is 21.1 Å². The number of pyridine rings is 1. The minimum absolute atomic E-state index is 0.0523. The molecule has 0 spiro atoms. The number of aromatic amines is 1. The summed E-state index contributed by atoms with van der Waals surface area (Å²) in [4.78, 5) is 97.5. The molecule has 0 radical (unpaired) electrons. The van der Waals surface area contributed by atoms with E-state index >= 15 is 0 Å². The molecule has 16 nitrogen and oxygen atoms in total. The molecule has 87 heavy (non-hydrogen) atoms. The van der Waals surface area contributed by atoms with Crippen molar-refractivity contribution < 1.29 is 42.3 Å². The van der Waals surface area contributed by atoms with Crippen LogP contribution in [0, 0.1) is 18.3 Å². The molecule has 470 valence electrons. The summed E-state index contributed by atoms with van der Waals surface area (Å²) in [5.41, 5.74) is 5.39. The number of anilines is 2. The number of H-pyrrole nitrogens is 1. The number of carbonyl (C=O) groups is 5. The zero-order valence-corrected chi connectivity index (χ0v) is 52.1. The minimum atomic E-state index is -4.90. The molecule has 3 saturated heterocycles. The molecule has 0 saturated carbocycles. The molecular weight excluding hydrogens is 1130 g/mol. The van der Waals surface area contributed by atoms with E-state index < -0.39 is 52.2 Å². The van der Waals surface area contributed by atoms with Gasteiger partial charge in [0.1, 0.15) is 5.78 Å². The molecule has 3 atom stereocenters. The van der Waals surface area contributed by atoms with E-state index in [0.29, 0.717) is 56.3 Å². The molecule has 20 heteroatoms. The molecule has 5 heterocycles. The maximum atomic E-state index is 14.1. The molecule has 0 aliphatic carbocycles. The van der Waals surface area contributed by atoms with E-state index in [1.165, 1.54) is 0 Å². The standard InChI is InChI=1S/C67H88F3N9O7S/c1-46-63(87-45-73-46)49-22-19-47(20-23-49)21-26-60(82)59-40-53(81)44-79(59)65(86)56(66(2,3)4)39-52(80)17-12-10-8-6-7-9-11-13-18-61(83)71-27-28-76-31-33-77(34-32-76)43-48-15-14-16-50(37-48)51-24-25-58(78-35-29-75(5)30-36-78)57(38-51)74-64(85)54-42-72-62(84)41-55(54)67(68,69)70/h14-16,19-20,22-25,37-38,41-42,45,53,56,59,81H,6-13,17-18,21,26-36,39-40,43-44H2,1-5H3,(H,71,83)(H,72,84)(H,74,85)/t53-,56-,59+/m1/s1. The van der Waals surface area contributed by atoms with Crippen molar-refractivity contribution in [3.63, 3.8) is 0 Å². The molecule has 3 aromatic carbocycles. The number of aliphatic hydroxyl groups excluding tert-OH is 1. The van der Waals surface area contributed by atoms with Crippen LogP contribution in [0.4, 0.5) is 24.5 Å². The maximum Gasteiger partial charge on any atom is 0.417 e. The third kappa shape index (κ3) is 19.2. The Morgan fingerprint density at radius 3 is 2.09 bits per heavy atom. The topological polar surface area (TPSA) is 192 Å². The van der Waals surface area contributed by atoms with Crippen molar-refractivity contribution in [2.75, 3.05) is 89.3 Å². The number of nitrogens with one attached hydrogen (secondary N) is 3. The molecule has 4 N–H and O–H groups in total. The first-order valence-corrected chi connectivity index (χ1v) is 32.0. The second kappa shape index (κ2) is 31.0. The lowest BCUT2D eigenvalue weighted by molar-refractivity contribution is -0.145. The second-order valence-electron chi connectivity index (χ2n) is 25.1. The molecule has 3 aliphatic rings. The average molecular weight is 1220 g/mol. The molecular formula is C67H88F3N9O7S. The van der Waals surface area contributed by atoms with Crippen LogP contribution in [0.5, 0.6) is 0 Å². The predicted molar refractivity (Wildman–Crippen MR) is 337 cm³/mol. The summed E-state index contributed by atoms with van der Waals surface area (Å²) in [6, 6.07) is 21.7. The highest BCUT2D eigenvalue weighted by Crippen LogP contribution is 2.37. The molecule has 3 aliphatic heterocycles. The fraction of sp³-hybridized carbons (Fsp3) is 0.537. The number of aromatic nitrogens is 2. The lowest BCUT2D eigenvalue weighted by atomic mass is 9.76. The van der Waals surface area contributed by atoms with Crippen LogP contribution >= 0.6 is 11.3 Å². The monoisotopic (exact) mass is 1220 g/mol. The number of alkyl halides is 3. The summed E-state index contributed by atoms with van der Waals surface area (Å²) in [6.45, 7) is 16.4. The Hall–Kier alpha value is -6.58. The molecule has 5 aromatic rings. The predicted octanol–water partition coefficient (Wildman–Crippen LogP) is 10.4. The van der Waals surface area contributed by atoms with Gasteiger partial charge in [0.25, 0.3) is 5.91 Å². The zero-order valence-electron chi connectivity index (χ0n) is 51.3. The van der Waals surface area contributed by atoms with Crippen molar-refractivity contribution in [3.8, 4) is 21.6 Å². The number of rotatable bonds is 28. The van der Waals surface area contributed by atoms with Crippen LogP contribution in [0.3, 0.4) is 0 Å². The van der Waals surface area contributed by atoms with Crippen LogP contribution in [0.25, 0.3) is 21.6 Å². The second-order valence-corrected chi connectivity index (χ2v) is 25.9. The van der Waals surface area contributed by atoms with E-state index in [2.05, 4.69) is 52.3 Å². The van der Waals surface area contributed by atoms with Gasteiger partial charge in [0.05, 0.1) is 50.7 Å². The van der Waals surface area contributed by atoms with Crippen molar-refractivity contribution in [1.29, 1.82) is 0 Å². The van der Waals surface area contributed by atoms with Crippen LogP contribution in [-0.4, -0.2) is 155 Å². The number of aryl methyl sites for hydroxylation is 2. The molecule has 8 rings (SSSR count). The first-order chi connectivity index (χ1) is 41.6. The quantitative estimate of drug-likeness (QED) is 0.0347. The van der Waals surface area contributed by atoms with Gasteiger partial charge in [0.15, 0.2) is 5.78 Å². The van der Waals surface area contributed by atoms with Gasteiger partial charge in [-0.05, 0) is 84.7 Å². The average Bonchev–Trinajstić information content (AvgIpc) is 2.59. The molecule has 2 aromatic heterocycles. The number of piperazine rings is 2. The van der Waals surface area contributed by atoms with Crippen molar-refractivity contribution in [2.24, 2.45) is 11.3 Å². The number of likely N-dealkylation sites (tertiary alicyclic amines) is 1. The van der Waals surface area contributed by atoms with Gasteiger partial charge in [-0.15, -0.1) is 11.3 Å². The molecule has 3 fully saturated rings. The van der Waals surface area contributed by atoms with Gasteiger partial charge in [0, 0.05) is 129 Å². The van der Waals surface area contributed by atoms with E-state index in [-0.39, 0.29) is 49.2 Å². The van der Waals surface area contributed by atoms with Crippen LogP contribution in [0.15, 0.2) is 89.3 Å². The Labute approximate surface area is 514 Å². The fourth-order valence-electron chi connectivity index (χ4n) is 12.1. The Morgan fingerprint density at radius 1 is 0.770 bits per heavy atom. The van der Waals surface area contributed by atoms with E-state index in [0.717, 1.165) is 148 Å². The summed E-state index contributed by atoms with van der Waals surface area (Å²) < 4.78 is 41.9. The normalized spacial score (nSPS) is 17.6. The summed E-state index contributed by atoms with van der Waals surface area (Å²) in [5, 5.41) is 16.5.